The number of methoxy groups -OCH3 is 1. The predicted octanol–water partition coefficient (Wildman–Crippen LogP) is 2.74. The van der Waals surface area contributed by atoms with Crippen LogP contribution in [0.2, 0.25) is 0 Å². The molecule has 1 atom stereocenters. The van der Waals surface area contributed by atoms with Crippen molar-refractivity contribution in [3.63, 3.8) is 0 Å². The largest absolute Gasteiger partial charge is 0.467 e. The third-order valence-corrected chi connectivity index (χ3v) is 4.35. The Labute approximate surface area is 152 Å². The molecule has 0 aromatic heterocycles. The van der Waals surface area contributed by atoms with Crippen LogP contribution >= 0.6 is 0 Å². The molecule has 1 aliphatic rings. The zero-order chi connectivity index (χ0) is 18.5. The maximum atomic E-state index is 12.9. The topological polar surface area (TPSA) is 68.2 Å². The first kappa shape index (κ1) is 17.7. The Balaban J connectivity index is 1.83. The van der Waals surface area contributed by atoms with Gasteiger partial charge in [-0.1, -0.05) is 47.6 Å². The number of hydrogen-bond donors (Lipinski definition) is 0. The van der Waals surface area contributed by atoms with Crippen LogP contribution in [0, 0.1) is 0 Å². The average molecular weight is 352 g/mol. The van der Waals surface area contributed by atoms with E-state index in [4.69, 9.17) is 9.57 Å². The van der Waals surface area contributed by atoms with Crippen LogP contribution in [0.1, 0.15) is 16.8 Å². The van der Waals surface area contributed by atoms with Crippen molar-refractivity contribution in [1.29, 1.82) is 0 Å². The van der Waals surface area contributed by atoms with Gasteiger partial charge in [-0.15, -0.1) is 0 Å². The van der Waals surface area contributed by atoms with Crippen molar-refractivity contribution in [2.75, 3.05) is 20.8 Å². The summed E-state index contributed by atoms with van der Waals surface area (Å²) in [5.74, 6) is -0.693. The van der Waals surface area contributed by atoms with E-state index < -0.39 is 12.0 Å². The summed E-state index contributed by atoms with van der Waals surface area (Å²) in [6.45, 7) is 0.243. The van der Waals surface area contributed by atoms with E-state index in [1.807, 2.05) is 42.5 Å². The summed E-state index contributed by atoms with van der Waals surface area (Å²) in [5, 5.41) is 3.89. The Morgan fingerprint density at radius 1 is 1.00 bits per heavy atom. The van der Waals surface area contributed by atoms with Crippen LogP contribution in [0.25, 0.3) is 11.1 Å². The second-order valence-electron chi connectivity index (χ2n) is 5.96. The quantitative estimate of drug-likeness (QED) is 0.627. The van der Waals surface area contributed by atoms with Crippen LogP contribution in [-0.4, -0.2) is 49.3 Å². The molecule has 0 unspecified atom stereocenters. The number of ether oxygens (including phenoxy) is 1. The summed E-state index contributed by atoms with van der Waals surface area (Å²) < 4.78 is 4.83. The van der Waals surface area contributed by atoms with Gasteiger partial charge in [0.25, 0.3) is 5.91 Å². The number of likely N-dealkylation sites (tertiary alicyclic amines) is 1. The molecule has 0 N–H and O–H groups in total. The van der Waals surface area contributed by atoms with Crippen LogP contribution in [0.3, 0.4) is 0 Å². The first-order valence-electron chi connectivity index (χ1n) is 8.27. The van der Waals surface area contributed by atoms with Gasteiger partial charge in [0.05, 0.1) is 19.4 Å². The van der Waals surface area contributed by atoms with Crippen LogP contribution in [0.5, 0.6) is 0 Å². The van der Waals surface area contributed by atoms with E-state index in [0.717, 1.165) is 11.1 Å². The number of nitrogens with zero attached hydrogens (tertiary/aromatic N) is 2. The number of amides is 1. The van der Waals surface area contributed by atoms with Gasteiger partial charge in [0.2, 0.25) is 0 Å². The lowest BCUT2D eigenvalue weighted by Gasteiger charge is -2.22. The molecule has 2 aromatic rings. The molecule has 0 spiro atoms. The maximum Gasteiger partial charge on any atom is 0.329 e. The Bertz CT molecular complexity index is 815. The van der Waals surface area contributed by atoms with Crippen LogP contribution in [-0.2, 0) is 14.4 Å². The molecule has 0 bridgehead atoms. The van der Waals surface area contributed by atoms with E-state index in [1.165, 1.54) is 19.1 Å². The maximum absolute atomic E-state index is 12.9. The minimum Gasteiger partial charge on any atom is -0.467 e. The van der Waals surface area contributed by atoms with Gasteiger partial charge >= 0.3 is 5.97 Å². The van der Waals surface area contributed by atoms with Crippen LogP contribution in [0.4, 0.5) is 0 Å². The first-order chi connectivity index (χ1) is 12.6. The lowest BCUT2D eigenvalue weighted by atomic mass is 10.0. The molecular weight excluding hydrogens is 332 g/mol. The molecule has 6 heteroatoms. The zero-order valence-corrected chi connectivity index (χ0v) is 14.7. The van der Waals surface area contributed by atoms with Crippen molar-refractivity contribution in [1.82, 2.24) is 4.90 Å². The van der Waals surface area contributed by atoms with Crippen molar-refractivity contribution < 1.29 is 19.2 Å². The average Bonchev–Trinajstić information content (AvgIpc) is 3.12. The number of benzene rings is 2. The molecule has 0 radical (unpaired) electrons. The monoisotopic (exact) mass is 352 g/mol. The fourth-order valence-electron chi connectivity index (χ4n) is 3.06. The van der Waals surface area contributed by atoms with Crippen LogP contribution < -0.4 is 0 Å². The van der Waals surface area contributed by atoms with Gasteiger partial charge in [-0.3, -0.25) is 4.79 Å². The van der Waals surface area contributed by atoms with E-state index in [0.29, 0.717) is 17.7 Å². The van der Waals surface area contributed by atoms with Crippen molar-refractivity contribution in [3.8, 4) is 11.1 Å². The predicted molar refractivity (Wildman–Crippen MR) is 97.8 cm³/mol. The summed E-state index contributed by atoms with van der Waals surface area (Å²) in [5.41, 5.74) is 3.25. The van der Waals surface area contributed by atoms with E-state index in [1.54, 1.807) is 12.1 Å². The minimum atomic E-state index is -0.685. The van der Waals surface area contributed by atoms with Gasteiger partial charge in [-0.2, -0.15) is 0 Å². The summed E-state index contributed by atoms with van der Waals surface area (Å²) >= 11 is 0. The number of esters is 1. The normalized spacial score (nSPS) is 18.0. The lowest BCUT2D eigenvalue weighted by Crippen LogP contribution is -2.41. The van der Waals surface area contributed by atoms with E-state index in [9.17, 15) is 9.59 Å². The molecule has 134 valence electrons. The first-order valence-corrected chi connectivity index (χ1v) is 8.27. The molecule has 3 rings (SSSR count). The number of carbonyl (C=O) groups is 2. The summed E-state index contributed by atoms with van der Waals surface area (Å²) in [7, 11) is 2.75. The number of hydrogen-bond acceptors (Lipinski definition) is 5. The number of carbonyl (C=O) groups excluding carboxylic acids is 2. The van der Waals surface area contributed by atoms with Crippen molar-refractivity contribution >= 4 is 17.6 Å². The fourth-order valence-corrected chi connectivity index (χ4v) is 3.06. The van der Waals surface area contributed by atoms with Crippen molar-refractivity contribution in [3.05, 3.63) is 60.2 Å². The molecule has 0 aliphatic carbocycles. The van der Waals surface area contributed by atoms with E-state index in [2.05, 4.69) is 5.16 Å². The molecule has 1 saturated heterocycles. The molecule has 1 fully saturated rings. The molecule has 1 heterocycles. The summed E-state index contributed by atoms with van der Waals surface area (Å²) in [6, 6.07) is 16.6. The Kier molecular flexibility index (Phi) is 5.31. The third kappa shape index (κ3) is 3.59. The van der Waals surface area contributed by atoms with Crippen LogP contribution in [0.15, 0.2) is 59.8 Å². The lowest BCUT2D eigenvalue weighted by molar-refractivity contribution is -0.145. The summed E-state index contributed by atoms with van der Waals surface area (Å²) in [4.78, 5) is 31.2. The van der Waals surface area contributed by atoms with Crippen molar-refractivity contribution in [2.45, 2.75) is 12.5 Å². The molecule has 6 nitrogen and oxygen atoms in total. The van der Waals surface area contributed by atoms with E-state index in [-0.39, 0.29) is 12.5 Å². The Hall–Kier alpha value is -3.15. The minimum absolute atomic E-state index is 0.235. The highest BCUT2D eigenvalue weighted by atomic mass is 16.6. The molecule has 26 heavy (non-hydrogen) atoms. The summed E-state index contributed by atoms with van der Waals surface area (Å²) in [6.07, 6.45) is 0.314. The molecule has 1 amide bonds. The highest BCUT2D eigenvalue weighted by Crippen LogP contribution is 2.23. The second-order valence-corrected chi connectivity index (χ2v) is 5.96. The number of oxime groups is 1. The van der Waals surface area contributed by atoms with Gasteiger partial charge in [0.15, 0.2) is 0 Å². The zero-order valence-electron chi connectivity index (χ0n) is 14.7. The molecule has 0 saturated carbocycles. The highest BCUT2D eigenvalue weighted by Gasteiger charge is 2.39. The SMILES string of the molecule is CO/N=C1/C[C@@H](C(=O)OC)N(C(=O)c2ccc(-c3ccccc3)cc2)C1. The second kappa shape index (κ2) is 7.82. The van der Waals surface area contributed by atoms with E-state index >= 15 is 0 Å². The van der Waals surface area contributed by atoms with Crippen molar-refractivity contribution in [2.24, 2.45) is 5.16 Å². The highest BCUT2D eigenvalue weighted by molar-refractivity contribution is 6.04. The number of rotatable bonds is 4. The Morgan fingerprint density at radius 3 is 2.27 bits per heavy atom. The third-order valence-electron chi connectivity index (χ3n) is 4.35. The molecule has 2 aromatic carbocycles. The Morgan fingerprint density at radius 2 is 1.65 bits per heavy atom. The van der Waals surface area contributed by atoms with Gasteiger partial charge in [-0.25, -0.2) is 4.79 Å². The molecule has 1 aliphatic heterocycles. The van der Waals surface area contributed by atoms with Gasteiger partial charge in [0.1, 0.15) is 13.2 Å². The van der Waals surface area contributed by atoms with Gasteiger partial charge in [-0.05, 0) is 23.3 Å². The standard InChI is InChI=1S/C20H20N2O4/c1-25-20(24)18-12-17(21-26-2)13-22(18)19(23)16-10-8-15(9-11-16)14-6-4-3-5-7-14/h3-11,18H,12-13H2,1-2H3/b21-17-/t18-/m0/s1. The molecular formula is C20H20N2O4. The van der Waals surface area contributed by atoms with Gasteiger partial charge < -0.3 is 14.5 Å². The van der Waals surface area contributed by atoms with Gasteiger partial charge in [0, 0.05) is 12.0 Å². The fraction of sp³-hybridized carbons (Fsp3) is 0.250. The smallest absolute Gasteiger partial charge is 0.329 e.